The number of thiocarbonyl (C=S) groups is 1. The lowest BCUT2D eigenvalue weighted by Gasteiger charge is -2.29. The molecule has 2 aromatic heterocycles. The van der Waals surface area contributed by atoms with Crippen LogP contribution in [-0.4, -0.2) is 14.7 Å². The molecular weight excluding hydrogens is 500 g/mol. The number of nitrogens with one attached hydrogen (secondary N) is 1. The van der Waals surface area contributed by atoms with Gasteiger partial charge in [0.15, 0.2) is 5.11 Å². The van der Waals surface area contributed by atoms with E-state index in [1.54, 1.807) is 0 Å². The highest BCUT2D eigenvalue weighted by atomic mass is 32.1. The van der Waals surface area contributed by atoms with Crippen molar-refractivity contribution in [3.8, 4) is 17.2 Å². The number of nitrogens with zero attached hydrogens (tertiary/aromatic N) is 3. The van der Waals surface area contributed by atoms with Crippen molar-refractivity contribution in [2.45, 2.75) is 32.9 Å². The van der Waals surface area contributed by atoms with Crippen LogP contribution in [0.4, 0.5) is 5.69 Å². The Morgan fingerprint density at radius 3 is 2.03 bits per heavy atom. The summed E-state index contributed by atoms with van der Waals surface area (Å²) < 4.78 is 8.39. The minimum atomic E-state index is -0.109. The molecule has 0 bridgehead atoms. The van der Waals surface area contributed by atoms with Gasteiger partial charge in [0.25, 0.3) is 0 Å². The average Bonchev–Trinajstić information content (AvgIpc) is 3.42. The maximum atomic E-state index is 6.05. The molecule has 0 radical (unpaired) electrons. The van der Waals surface area contributed by atoms with Crippen LogP contribution in [0.3, 0.4) is 0 Å². The van der Waals surface area contributed by atoms with E-state index >= 15 is 0 Å². The molecule has 194 valence electrons. The molecular formula is C33H30N4OS. The SMILES string of the molecule is Cc1c([C@H]2[C@@H](c3ccccn3)NC(=S)N2c2ccc(Oc3ccccc3)cc2)c(C)n(-c2ccccc2)c1C. The Morgan fingerprint density at radius 2 is 1.36 bits per heavy atom. The van der Waals surface area contributed by atoms with Crippen molar-refractivity contribution in [3.05, 3.63) is 138 Å². The highest BCUT2D eigenvalue weighted by Crippen LogP contribution is 2.45. The van der Waals surface area contributed by atoms with Gasteiger partial charge in [0.1, 0.15) is 11.5 Å². The van der Waals surface area contributed by atoms with Crippen LogP contribution in [0, 0.1) is 20.8 Å². The molecule has 6 rings (SSSR count). The van der Waals surface area contributed by atoms with Gasteiger partial charge < -0.3 is 19.5 Å². The summed E-state index contributed by atoms with van der Waals surface area (Å²) >= 11 is 5.98. The lowest BCUT2D eigenvalue weighted by molar-refractivity contribution is 0.482. The molecule has 1 aliphatic heterocycles. The summed E-state index contributed by atoms with van der Waals surface area (Å²) in [4.78, 5) is 6.96. The zero-order chi connectivity index (χ0) is 26.9. The van der Waals surface area contributed by atoms with E-state index in [-0.39, 0.29) is 12.1 Å². The van der Waals surface area contributed by atoms with Crippen molar-refractivity contribution >= 4 is 23.0 Å². The van der Waals surface area contributed by atoms with Crippen molar-refractivity contribution in [3.63, 3.8) is 0 Å². The predicted octanol–water partition coefficient (Wildman–Crippen LogP) is 7.77. The molecule has 0 aliphatic carbocycles. The fourth-order valence-corrected chi connectivity index (χ4v) is 5.98. The predicted molar refractivity (Wildman–Crippen MR) is 161 cm³/mol. The number of anilines is 1. The Balaban J connectivity index is 1.45. The fraction of sp³-hybridized carbons (Fsp3) is 0.152. The van der Waals surface area contributed by atoms with Crippen LogP contribution in [0.2, 0.25) is 0 Å². The smallest absolute Gasteiger partial charge is 0.174 e. The van der Waals surface area contributed by atoms with E-state index < -0.39 is 0 Å². The third-order valence-electron chi connectivity index (χ3n) is 7.51. The van der Waals surface area contributed by atoms with E-state index in [9.17, 15) is 0 Å². The van der Waals surface area contributed by atoms with Crippen LogP contribution in [0.25, 0.3) is 5.69 Å². The minimum absolute atomic E-state index is 0.0862. The molecule has 1 fully saturated rings. The van der Waals surface area contributed by atoms with Gasteiger partial charge in [0.2, 0.25) is 0 Å². The van der Waals surface area contributed by atoms with Crippen molar-refractivity contribution in [2.24, 2.45) is 0 Å². The van der Waals surface area contributed by atoms with E-state index in [0.717, 1.165) is 28.6 Å². The Labute approximate surface area is 234 Å². The lowest BCUT2D eigenvalue weighted by atomic mass is 9.93. The molecule has 1 N–H and O–H groups in total. The first-order chi connectivity index (χ1) is 19.0. The average molecular weight is 531 g/mol. The summed E-state index contributed by atoms with van der Waals surface area (Å²) in [5.41, 5.74) is 8.03. The molecule has 0 amide bonds. The summed E-state index contributed by atoms with van der Waals surface area (Å²) in [5, 5.41) is 4.28. The van der Waals surface area contributed by atoms with Gasteiger partial charge >= 0.3 is 0 Å². The van der Waals surface area contributed by atoms with Crippen LogP contribution in [0.1, 0.15) is 40.3 Å². The van der Waals surface area contributed by atoms with Gasteiger partial charge in [-0.3, -0.25) is 4.98 Å². The van der Waals surface area contributed by atoms with Crippen LogP contribution >= 0.6 is 12.2 Å². The summed E-state index contributed by atoms with van der Waals surface area (Å²) in [6.07, 6.45) is 1.84. The lowest BCUT2D eigenvalue weighted by Crippen LogP contribution is -2.29. The molecule has 1 saturated heterocycles. The highest BCUT2D eigenvalue weighted by Gasteiger charge is 2.43. The zero-order valence-electron chi connectivity index (χ0n) is 22.2. The minimum Gasteiger partial charge on any atom is -0.457 e. The number of benzene rings is 3. The molecule has 39 heavy (non-hydrogen) atoms. The second-order valence-corrected chi connectivity index (χ2v) is 10.2. The Hall–Kier alpha value is -4.42. The first-order valence-electron chi connectivity index (χ1n) is 13.1. The first kappa shape index (κ1) is 24.9. The van der Waals surface area contributed by atoms with Crippen LogP contribution in [0.15, 0.2) is 109 Å². The monoisotopic (exact) mass is 530 g/mol. The van der Waals surface area contributed by atoms with Gasteiger partial charge in [0, 0.05) is 34.5 Å². The Kier molecular flexibility index (Phi) is 6.63. The summed E-state index contributed by atoms with van der Waals surface area (Å²) in [5.74, 6) is 1.58. The number of para-hydroxylation sites is 2. The van der Waals surface area contributed by atoms with Crippen LogP contribution in [-0.2, 0) is 0 Å². The quantitative estimate of drug-likeness (QED) is 0.227. The van der Waals surface area contributed by atoms with Crippen molar-refractivity contribution < 1.29 is 4.74 Å². The molecule has 0 spiro atoms. The first-order valence-corrected chi connectivity index (χ1v) is 13.5. The number of rotatable bonds is 6. The molecule has 1 aliphatic rings. The maximum Gasteiger partial charge on any atom is 0.174 e. The van der Waals surface area contributed by atoms with E-state index in [1.807, 2.05) is 60.8 Å². The van der Waals surface area contributed by atoms with E-state index in [1.165, 1.54) is 22.5 Å². The molecule has 3 heterocycles. The largest absolute Gasteiger partial charge is 0.457 e. The van der Waals surface area contributed by atoms with Gasteiger partial charge in [-0.2, -0.15) is 0 Å². The van der Waals surface area contributed by atoms with Gasteiger partial charge in [-0.1, -0.05) is 42.5 Å². The number of ether oxygens (including phenoxy) is 1. The maximum absolute atomic E-state index is 6.05. The van der Waals surface area contributed by atoms with Crippen LogP contribution < -0.4 is 15.0 Å². The van der Waals surface area contributed by atoms with Crippen molar-refractivity contribution in [1.29, 1.82) is 0 Å². The molecule has 0 unspecified atom stereocenters. The standard InChI is InChI=1S/C33H30N4OS/c1-22-23(2)36(25-12-6-4-7-13-25)24(3)30(22)32-31(29-16-10-11-21-34-29)35-33(39)37(32)26-17-19-28(20-18-26)38-27-14-8-5-9-15-27/h4-21,31-32H,1-3H3,(H,35,39)/t31-,32+/m1/s1. The third-order valence-corrected chi connectivity index (χ3v) is 7.82. The van der Waals surface area contributed by atoms with Crippen molar-refractivity contribution in [1.82, 2.24) is 14.9 Å². The molecule has 0 saturated carbocycles. The highest BCUT2D eigenvalue weighted by molar-refractivity contribution is 7.80. The third kappa shape index (κ3) is 4.57. The molecule has 5 aromatic rings. The number of aromatic nitrogens is 2. The Morgan fingerprint density at radius 1 is 0.718 bits per heavy atom. The van der Waals surface area contributed by atoms with Crippen molar-refractivity contribution in [2.75, 3.05) is 4.90 Å². The van der Waals surface area contributed by atoms with Crippen LogP contribution in [0.5, 0.6) is 11.5 Å². The zero-order valence-corrected chi connectivity index (χ0v) is 23.0. The van der Waals surface area contributed by atoms with E-state index in [2.05, 4.69) is 84.1 Å². The van der Waals surface area contributed by atoms with E-state index in [4.69, 9.17) is 21.9 Å². The molecule has 2 atom stereocenters. The number of hydrogen-bond acceptors (Lipinski definition) is 3. The topological polar surface area (TPSA) is 42.3 Å². The second-order valence-electron chi connectivity index (χ2n) is 9.79. The number of pyridine rings is 1. The number of hydrogen-bond donors (Lipinski definition) is 1. The fourth-order valence-electron chi connectivity index (χ4n) is 5.63. The summed E-state index contributed by atoms with van der Waals surface area (Å²) in [6.45, 7) is 6.60. The molecule has 6 heteroatoms. The van der Waals surface area contributed by atoms with Gasteiger partial charge in [-0.25, -0.2) is 0 Å². The summed E-state index contributed by atoms with van der Waals surface area (Å²) in [6, 6.07) is 34.3. The Bertz CT molecular complexity index is 1600. The second kappa shape index (κ2) is 10.4. The van der Waals surface area contributed by atoms with Gasteiger partial charge in [0.05, 0.1) is 17.8 Å². The molecule has 3 aromatic carbocycles. The molecule has 5 nitrogen and oxygen atoms in total. The van der Waals surface area contributed by atoms with Gasteiger partial charge in [-0.05, 0) is 99.2 Å². The summed E-state index contributed by atoms with van der Waals surface area (Å²) in [7, 11) is 0. The normalized spacial score (nSPS) is 16.8. The van der Waals surface area contributed by atoms with Gasteiger partial charge in [-0.15, -0.1) is 0 Å². The van der Waals surface area contributed by atoms with E-state index in [0.29, 0.717) is 5.11 Å².